The van der Waals surface area contributed by atoms with Crippen molar-refractivity contribution in [3.8, 4) is 6.07 Å². The number of carbonyl (C=O) groups excluding carboxylic acids is 3. The summed E-state index contributed by atoms with van der Waals surface area (Å²) in [7, 11) is 0. The number of furan rings is 1. The van der Waals surface area contributed by atoms with Crippen molar-refractivity contribution in [1.29, 1.82) is 5.26 Å². The van der Waals surface area contributed by atoms with Crippen molar-refractivity contribution in [2.24, 2.45) is 0 Å². The van der Waals surface area contributed by atoms with E-state index >= 15 is 0 Å². The number of esters is 1. The number of anilines is 1. The van der Waals surface area contributed by atoms with Crippen LogP contribution < -0.4 is 4.90 Å². The maximum Gasteiger partial charge on any atom is 0.330 e. The zero-order valence-electron chi connectivity index (χ0n) is 15.7. The molecule has 1 aliphatic heterocycles. The zero-order valence-corrected chi connectivity index (χ0v) is 16.5. The van der Waals surface area contributed by atoms with Crippen molar-refractivity contribution < 1.29 is 23.5 Å². The Labute approximate surface area is 172 Å². The number of nitriles is 1. The fourth-order valence-corrected chi connectivity index (χ4v) is 4.45. The molecule has 2 atom stereocenters. The van der Waals surface area contributed by atoms with Crippen LogP contribution in [0.3, 0.4) is 0 Å². The van der Waals surface area contributed by atoms with E-state index in [4.69, 9.17) is 14.4 Å². The number of benzene rings is 1. The van der Waals surface area contributed by atoms with Crippen molar-refractivity contribution >= 4 is 35.2 Å². The Balaban J connectivity index is 1.65. The van der Waals surface area contributed by atoms with Crippen LogP contribution in [0.15, 0.2) is 53.1 Å². The second-order valence-corrected chi connectivity index (χ2v) is 7.34. The molecule has 8 nitrogen and oxygen atoms in total. The number of hydrogen-bond acceptors (Lipinski definition) is 7. The Morgan fingerprint density at radius 3 is 2.66 bits per heavy atom. The number of rotatable bonds is 6. The third kappa shape index (κ3) is 4.60. The highest BCUT2D eigenvalue weighted by atomic mass is 32.2. The molecular weight excluding hydrogens is 394 g/mol. The normalized spacial score (nSPS) is 18.1. The number of nitrogens with zero attached hydrogens (tertiary/aromatic N) is 3. The number of ether oxygens (including phenoxy) is 1. The minimum Gasteiger partial charge on any atom is -0.466 e. The summed E-state index contributed by atoms with van der Waals surface area (Å²) in [6.07, 6.45) is 1.51. The van der Waals surface area contributed by atoms with Gasteiger partial charge in [-0.2, -0.15) is 5.26 Å². The summed E-state index contributed by atoms with van der Waals surface area (Å²) in [6, 6.07) is 13.2. The van der Waals surface area contributed by atoms with Crippen LogP contribution in [0.25, 0.3) is 0 Å². The van der Waals surface area contributed by atoms with E-state index in [2.05, 4.69) is 0 Å². The van der Waals surface area contributed by atoms with E-state index in [1.165, 1.54) is 34.7 Å². The van der Waals surface area contributed by atoms with Gasteiger partial charge in [-0.3, -0.25) is 14.5 Å². The lowest BCUT2D eigenvalue weighted by Crippen LogP contribution is -2.44. The average molecular weight is 413 g/mol. The average Bonchev–Trinajstić information content (AvgIpc) is 3.40. The Kier molecular flexibility index (Phi) is 6.57. The third-order valence-electron chi connectivity index (χ3n) is 4.36. The molecule has 9 heteroatoms. The molecule has 150 valence electrons. The van der Waals surface area contributed by atoms with Gasteiger partial charge in [-0.05, 0) is 24.3 Å². The van der Waals surface area contributed by atoms with E-state index in [0.717, 1.165) is 0 Å². The van der Waals surface area contributed by atoms with Crippen LogP contribution in [-0.4, -0.2) is 47.6 Å². The smallest absolute Gasteiger partial charge is 0.330 e. The van der Waals surface area contributed by atoms with Gasteiger partial charge in [0.25, 0.3) is 5.91 Å². The standard InChI is InChI=1S/C20H19N3O5S/c1-14(24)23-16(13-29-19(23)17-8-5-11-27-17)20(26)28-12-18(25)22(10-9-21)15-6-3-2-4-7-15/h2-8,11,16,19H,10,12-13H2,1H3/t16-,19+/m1/s1. The van der Waals surface area contributed by atoms with Crippen LogP contribution >= 0.6 is 11.8 Å². The Bertz CT molecular complexity index is 910. The quantitative estimate of drug-likeness (QED) is 0.529. The van der Waals surface area contributed by atoms with Gasteiger partial charge in [-0.1, -0.05) is 18.2 Å². The van der Waals surface area contributed by atoms with Gasteiger partial charge in [-0.25, -0.2) is 4.79 Å². The lowest BCUT2D eigenvalue weighted by atomic mass is 10.2. The lowest BCUT2D eigenvalue weighted by molar-refractivity contribution is -0.155. The predicted octanol–water partition coefficient (Wildman–Crippen LogP) is 2.34. The van der Waals surface area contributed by atoms with Gasteiger partial charge in [0.05, 0.1) is 12.3 Å². The largest absolute Gasteiger partial charge is 0.466 e. The van der Waals surface area contributed by atoms with Gasteiger partial charge in [0.2, 0.25) is 5.91 Å². The highest BCUT2D eigenvalue weighted by Gasteiger charge is 2.43. The van der Waals surface area contributed by atoms with Gasteiger partial charge in [0.15, 0.2) is 6.61 Å². The Morgan fingerprint density at radius 1 is 1.28 bits per heavy atom. The fourth-order valence-electron chi connectivity index (χ4n) is 3.03. The molecule has 0 spiro atoms. The summed E-state index contributed by atoms with van der Waals surface area (Å²) in [5, 5.41) is 8.58. The predicted molar refractivity (Wildman–Crippen MR) is 106 cm³/mol. The number of thioether (sulfide) groups is 1. The molecule has 0 aliphatic carbocycles. The second kappa shape index (κ2) is 9.30. The third-order valence-corrected chi connectivity index (χ3v) is 5.64. The molecule has 2 heterocycles. The molecule has 0 unspecified atom stereocenters. The fraction of sp³-hybridized carbons (Fsp3) is 0.300. The summed E-state index contributed by atoms with van der Waals surface area (Å²) >= 11 is 1.39. The molecule has 1 aromatic heterocycles. The number of carbonyl (C=O) groups is 3. The van der Waals surface area contributed by atoms with Crippen LogP contribution in [0.1, 0.15) is 18.1 Å². The van der Waals surface area contributed by atoms with E-state index in [0.29, 0.717) is 17.2 Å². The molecule has 3 rings (SSSR count). The SMILES string of the molecule is CC(=O)N1[C@@H](C(=O)OCC(=O)N(CC#N)c2ccccc2)CS[C@H]1c1ccco1. The van der Waals surface area contributed by atoms with E-state index in [1.807, 2.05) is 6.07 Å². The van der Waals surface area contributed by atoms with Crippen molar-refractivity contribution in [1.82, 2.24) is 4.90 Å². The molecular formula is C20H19N3O5S. The van der Waals surface area contributed by atoms with E-state index in [1.54, 1.807) is 42.5 Å². The van der Waals surface area contributed by atoms with Crippen LogP contribution in [0.2, 0.25) is 0 Å². The van der Waals surface area contributed by atoms with Gasteiger partial charge < -0.3 is 14.1 Å². The first-order valence-electron chi connectivity index (χ1n) is 8.86. The Morgan fingerprint density at radius 2 is 2.03 bits per heavy atom. The van der Waals surface area contributed by atoms with Crippen molar-refractivity contribution in [2.45, 2.75) is 18.3 Å². The number of hydrogen-bond donors (Lipinski definition) is 0. The molecule has 1 aromatic carbocycles. The van der Waals surface area contributed by atoms with Crippen molar-refractivity contribution in [3.05, 3.63) is 54.5 Å². The highest BCUT2D eigenvalue weighted by Crippen LogP contribution is 2.41. The molecule has 2 aromatic rings. The summed E-state index contributed by atoms with van der Waals surface area (Å²) in [4.78, 5) is 39.9. The summed E-state index contributed by atoms with van der Waals surface area (Å²) in [5.74, 6) is -0.576. The minimum atomic E-state index is -0.818. The van der Waals surface area contributed by atoms with Crippen LogP contribution in [0.5, 0.6) is 0 Å². The molecule has 0 bridgehead atoms. The van der Waals surface area contributed by atoms with Crippen molar-refractivity contribution in [3.63, 3.8) is 0 Å². The number of para-hydroxylation sites is 1. The van der Waals surface area contributed by atoms with Gasteiger partial charge in [-0.15, -0.1) is 11.8 Å². The summed E-state index contributed by atoms with van der Waals surface area (Å²) in [6.45, 7) is 0.685. The maximum atomic E-state index is 12.6. The van der Waals surface area contributed by atoms with Crippen molar-refractivity contribution in [2.75, 3.05) is 23.8 Å². The van der Waals surface area contributed by atoms with Crippen LogP contribution in [0, 0.1) is 11.3 Å². The van der Waals surface area contributed by atoms with E-state index in [-0.39, 0.29) is 12.5 Å². The molecule has 2 amide bonds. The first kappa shape index (κ1) is 20.5. The number of amides is 2. The maximum absolute atomic E-state index is 12.6. The highest BCUT2D eigenvalue weighted by molar-refractivity contribution is 7.99. The molecule has 29 heavy (non-hydrogen) atoms. The first-order chi connectivity index (χ1) is 14.0. The molecule has 0 N–H and O–H groups in total. The summed E-state index contributed by atoms with van der Waals surface area (Å²) < 4.78 is 10.6. The first-order valence-corrected chi connectivity index (χ1v) is 9.90. The monoisotopic (exact) mass is 413 g/mol. The zero-order chi connectivity index (χ0) is 20.8. The van der Waals surface area contributed by atoms with Crippen LogP contribution in [0.4, 0.5) is 5.69 Å². The molecule has 1 aliphatic rings. The summed E-state index contributed by atoms with van der Waals surface area (Å²) in [5.41, 5.74) is 0.537. The van der Waals surface area contributed by atoms with Gasteiger partial charge in [0, 0.05) is 18.4 Å². The molecule has 0 saturated carbocycles. The van der Waals surface area contributed by atoms with E-state index in [9.17, 15) is 14.4 Å². The molecule has 1 saturated heterocycles. The van der Waals surface area contributed by atoms with E-state index < -0.39 is 29.9 Å². The second-order valence-electron chi connectivity index (χ2n) is 6.22. The lowest BCUT2D eigenvalue weighted by Gasteiger charge is -2.26. The molecule has 0 radical (unpaired) electrons. The topological polar surface area (TPSA) is 104 Å². The van der Waals surface area contributed by atoms with Gasteiger partial charge in [0.1, 0.15) is 23.7 Å². The Hall–Kier alpha value is -3.25. The molecule has 1 fully saturated rings. The minimum absolute atomic E-state index is 0.167. The van der Waals surface area contributed by atoms with Crippen LogP contribution in [-0.2, 0) is 19.1 Å². The van der Waals surface area contributed by atoms with Gasteiger partial charge >= 0.3 is 5.97 Å².